The number of amides is 1. The van der Waals surface area contributed by atoms with Gasteiger partial charge in [-0.1, -0.05) is 39.8 Å². The fourth-order valence-electron chi connectivity index (χ4n) is 7.29. The van der Waals surface area contributed by atoms with E-state index in [-0.39, 0.29) is 36.5 Å². The lowest BCUT2D eigenvalue weighted by Crippen LogP contribution is -2.49. The predicted molar refractivity (Wildman–Crippen MR) is 176 cm³/mol. The van der Waals surface area contributed by atoms with Crippen molar-refractivity contribution in [2.24, 2.45) is 11.8 Å². The number of aliphatic hydroxyl groups excluding tert-OH is 2. The SMILES string of the molecule is CCC(O)C(C)=C1OC1CC(C)(O)CC/C=C(\C)C1OC(=O)CC(O)CCC(C)C(OC(=O)N2C[C@@H]3C[C@H]2CN3CC)/C=C/C1C. The van der Waals surface area contributed by atoms with Crippen molar-refractivity contribution in [3.05, 3.63) is 35.1 Å². The maximum atomic E-state index is 13.3. The number of allylic oxidation sites excluding steroid dienone is 1. The highest BCUT2D eigenvalue weighted by Crippen LogP contribution is 2.39. The molecule has 1 amide bonds. The summed E-state index contributed by atoms with van der Waals surface area (Å²) in [6.07, 6.45) is 7.03. The molecule has 0 spiro atoms. The Balaban J connectivity index is 1.40. The van der Waals surface area contributed by atoms with E-state index in [2.05, 4.69) is 11.8 Å². The summed E-state index contributed by atoms with van der Waals surface area (Å²) >= 11 is 0. The topological polar surface area (TPSA) is 132 Å². The standard InChI is InChI=1S/C36H58N2O8/c1-8-29(40)25(6)34-31(44-34)19-36(7,43)16-10-11-23(4)33-24(5)13-15-30(22(3)12-14-28(39)18-32(41)46-33)45-35(42)38-21-26-17-27(38)20-37(26)9-2/h11,13,15,22,24,26-31,33,39-40,43H,8-10,12,14,16-21H2,1-7H3/b15-13+,23-11+,34-25?/t22?,24?,26-,27-,28?,29?,30?,31?,33?,36?/m0/s1. The first-order valence-corrected chi connectivity index (χ1v) is 17.4. The molecule has 0 saturated carbocycles. The molecule has 46 heavy (non-hydrogen) atoms. The highest BCUT2D eigenvalue weighted by atomic mass is 16.6. The number of fused-ring (bicyclic) bond motifs is 2. The molecule has 0 radical (unpaired) electrons. The van der Waals surface area contributed by atoms with E-state index in [0.717, 1.165) is 36.4 Å². The van der Waals surface area contributed by atoms with Crippen LogP contribution in [0.15, 0.2) is 35.1 Å². The lowest BCUT2D eigenvalue weighted by Gasteiger charge is -2.34. The van der Waals surface area contributed by atoms with E-state index in [1.165, 1.54) is 0 Å². The van der Waals surface area contributed by atoms with Gasteiger partial charge in [0.2, 0.25) is 0 Å². The van der Waals surface area contributed by atoms with Gasteiger partial charge in [0.15, 0.2) is 6.10 Å². The third-order valence-electron chi connectivity index (χ3n) is 10.5. The van der Waals surface area contributed by atoms with E-state index in [4.69, 9.17) is 14.2 Å². The van der Waals surface area contributed by atoms with E-state index in [1.54, 1.807) is 6.92 Å². The van der Waals surface area contributed by atoms with Crippen LogP contribution in [0.2, 0.25) is 0 Å². The fourth-order valence-corrected chi connectivity index (χ4v) is 7.29. The van der Waals surface area contributed by atoms with E-state index < -0.39 is 36.0 Å². The molecule has 0 aliphatic carbocycles. The maximum Gasteiger partial charge on any atom is 0.410 e. The molecule has 3 fully saturated rings. The normalized spacial score (nSPS) is 36.1. The molecular formula is C36H58N2O8. The number of rotatable bonds is 10. The summed E-state index contributed by atoms with van der Waals surface area (Å²) in [5, 5.41) is 31.8. The number of piperazine rings is 1. The molecule has 10 atom stereocenters. The predicted octanol–water partition coefficient (Wildman–Crippen LogP) is 4.87. The van der Waals surface area contributed by atoms with E-state index in [1.807, 2.05) is 57.7 Å². The Morgan fingerprint density at radius 3 is 2.54 bits per heavy atom. The second kappa shape index (κ2) is 15.7. The van der Waals surface area contributed by atoms with Crippen molar-refractivity contribution in [1.82, 2.24) is 9.80 Å². The number of ether oxygens (including phenoxy) is 3. The first-order chi connectivity index (χ1) is 21.7. The van der Waals surface area contributed by atoms with Crippen molar-refractivity contribution in [3.63, 3.8) is 0 Å². The molecule has 4 rings (SSSR count). The Morgan fingerprint density at radius 1 is 1.15 bits per heavy atom. The molecular weight excluding hydrogens is 588 g/mol. The van der Waals surface area contributed by atoms with Crippen LogP contribution in [-0.2, 0) is 19.0 Å². The Bertz CT molecular complexity index is 1160. The van der Waals surface area contributed by atoms with Crippen LogP contribution >= 0.6 is 0 Å². The third-order valence-corrected chi connectivity index (χ3v) is 10.5. The first-order valence-electron chi connectivity index (χ1n) is 17.4. The molecule has 10 nitrogen and oxygen atoms in total. The van der Waals surface area contributed by atoms with Gasteiger partial charge in [0.1, 0.15) is 18.0 Å². The van der Waals surface area contributed by atoms with E-state index in [9.17, 15) is 24.9 Å². The van der Waals surface area contributed by atoms with Crippen LogP contribution in [0, 0.1) is 11.8 Å². The van der Waals surface area contributed by atoms with E-state index >= 15 is 0 Å². The van der Waals surface area contributed by atoms with Crippen LogP contribution in [0.25, 0.3) is 0 Å². The largest absolute Gasteiger partial charge is 0.483 e. The molecule has 2 bridgehead atoms. The number of hydrogen-bond donors (Lipinski definition) is 3. The molecule has 3 N–H and O–H groups in total. The molecule has 4 aliphatic rings. The van der Waals surface area contributed by atoms with Crippen molar-refractivity contribution in [2.75, 3.05) is 19.6 Å². The number of hydrogen-bond acceptors (Lipinski definition) is 9. The molecule has 10 heteroatoms. The number of likely N-dealkylation sites (tertiary alicyclic amines) is 2. The molecule has 3 saturated heterocycles. The summed E-state index contributed by atoms with van der Waals surface area (Å²) < 4.78 is 17.7. The van der Waals surface area contributed by atoms with E-state index in [0.29, 0.717) is 51.1 Å². The van der Waals surface area contributed by atoms with Crippen molar-refractivity contribution in [2.45, 2.75) is 148 Å². The molecule has 8 unspecified atom stereocenters. The summed E-state index contributed by atoms with van der Waals surface area (Å²) in [7, 11) is 0. The molecule has 260 valence electrons. The second-order valence-electron chi connectivity index (χ2n) is 14.5. The number of likely N-dealkylation sites (N-methyl/N-ethyl adjacent to an activating group) is 1. The number of aliphatic hydroxyl groups is 3. The highest BCUT2D eigenvalue weighted by Gasteiger charge is 2.46. The number of epoxide rings is 1. The summed E-state index contributed by atoms with van der Waals surface area (Å²) in [5.74, 6) is 0.0702. The van der Waals surface area contributed by atoms with Crippen molar-refractivity contribution in [1.29, 1.82) is 0 Å². The molecule has 4 heterocycles. The number of carbonyl (C=O) groups excluding carboxylic acids is 2. The molecule has 0 aromatic rings. The van der Waals surface area contributed by atoms with Crippen molar-refractivity contribution < 1.29 is 39.1 Å². The van der Waals surface area contributed by atoms with Gasteiger partial charge in [0.05, 0.1) is 24.2 Å². The quantitative estimate of drug-likeness (QED) is 0.173. The summed E-state index contributed by atoms with van der Waals surface area (Å²) in [4.78, 5) is 30.5. The maximum absolute atomic E-state index is 13.3. The van der Waals surface area contributed by atoms with Crippen LogP contribution in [0.3, 0.4) is 0 Å². The average Bonchev–Trinajstić information content (AvgIpc) is 3.44. The fraction of sp³-hybridized carbons (Fsp3) is 0.778. The zero-order valence-electron chi connectivity index (χ0n) is 29.0. The monoisotopic (exact) mass is 646 g/mol. The highest BCUT2D eigenvalue weighted by molar-refractivity contribution is 5.70. The number of carbonyl (C=O) groups is 2. The van der Waals surface area contributed by atoms with Gasteiger partial charge in [-0.05, 0) is 89.0 Å². The van der Waals surface area contributed by atoms with Gasteiger partial charge in [0, 0.05) is 37.5 Å². The third kappa shape index (κ3) is 9.36. The Morgan fingerprint density at radius 2 is 1.89 bits per heavy atom. The molecule has 4 aliphatic heterocycles. The zero-order valence-corrected chi connectivity index (χ0v) is 29.0. The van der Waals surface area contributed by atoms with Crippen LogP contribution in [0.1, 0.15) is 99.8 Å². The lowest BCUT2D eigenvalue weighted by atomic mass is 9.90. The summed E-state index contributed by atoms with van der Waals surface area (Å²) in [5.41, 5.74) is 0.706. The number of nitrogens with zero attached hydrogens (tertiary/aromatic N) is 2. The Hall–Kier alpha value is -2.40. The lowest BCUT2D eigenvalue weighted by molar-refractivity contribution is -0.151. The van der Waals surface area contributed by atoms with Gasteiger partial charge in [-0.2, -0.15) is 0 Å². The van der Waals surface area contributed by atoms with Crippen molar-refractivity contribution in [3.8, 4) is 0 Å². The number of esters is 1. The van der Waals surface area contributed by atoms with Gasteiger partial charge in [-0.3, -0.25) is 9.69 Å². The smallest absolute Gasteiger partial charge is 0.410 e. The second-order valence-corrected chi connectivity index (χ2v) is 14.5. The minimum absolute atomic E-state index is 0.0402. The van der Waals surface area contributed by atoms with Gasteiger partial charge < -0.3 is 34.4 Å². The minimum atomic E-state index is -0.976. The van der Waals surface area contributed by atoms with Gasteiger partial charge >= 0.3 is 12.1 Å². The molecule has 0 aromatic heterocycles. The van der Waals surface area contributed by atoms with Gasteiger partial charge in [-0.25, -0.2) is 4.79 Å². The van der Waals surface area contributed by atoms with Gasteiger partial charge in [-0.15, -0.1) is 0 Å². The zero-order chi connectivity index (χ0) is 33.8. The summed E-state index contributed by atoms with van der Waals surface area (Å²) in [6, 6.07) is 0.589. The van der Waals surface area contributed by atoms with Crippen LogP contribution in [0.4, 0.5) is 4.79 Å². The van der Waals surface area contributed by atoms with Crippen LogP contribution < -0.4 is 0 Å². The Labute approximate surface area is 275 Å². The Kier molecular flexibility index (Phi) is 12.4. The average molecular weight is 647 g/mol. The minimum Gasteiger partial charge on any atom is -0.483 e. The molecule has 0 aromatic carbocycles. The van der Waals surface area contributed by atoms with Gasteiger partial charge in [0.25, 0.3) is 0 Å². The van der Waals surface area contributed by atoms with Crippen molar-refractivity contribution >= 4 is 12.1 Å². The van der Waals surface area contributed by atoms with Crippen LogP contribution in [0.5, 0.6) is 0 Å². The van der Waals surface area contributed by atoms with Crippen LogP contribution in [-0.4, -0.2) is 105 Å². The number of cyclic esters (lactones) is 1. The first kappa shape index (κ1) is 36.4. The summed E-state index contributed by atoms with van der Waals surface area (Å²) in [6.45, 7) is 16.2.